The quantitative estimate of drug-likeness (QED) is 0.793. The molecule has 2 aromatic rings. The number of aromatic amines is 1. The fraction of sp³-hybridized carbons (Fsp3) is 0.364. The average molecular weight is 263 g/mol. The van der Waals surface area contributed by atoms with Crippen molar-refractivity contribution in [2.45, 2.75) is 19.9 Å². The zero-order chi connectivity index (χ0) is 13.8. The highest BCUT2D eigenvalue weighted by molar-refractivity contribution is 5.69. The summed E-state index contributed by atoms with van der Waals surface area (Å²) >= 11 is 0. The van der Waals surface area contributed by atoms with E-state index in [1.165, 1.54) is 10.7 Å². The van der Waals surface area contributed by atoms with Gasteiger partial charge < -0.3 is 10.1 Å². The van der Waals surface area contributed by atoms with Crippen LogP contribution in [0.3, 0.4) is 0 Å². The van der Waals surface area contributed by atoms with Gasteiger partial charge in [-0.1, -0.05) is 13.0 Å². The SMILES string of the molecule is CC(CCn1nnnc1-c1cccc(=O)[nH]1)C(=O)O. The van der Waals surface area contributed by atoms with Crippen LogP contribution in [-0.4, -0.2) is 36.3 Å². The van der Waals surface area contributed by atoms with Crippen molar-refractivity contribution in [3.05, 3.63) is 28.6 Å². The Labute approximate surface area is 108 Å². The van der Waals surface area contributed by atoms with Crippen LogP contribution in [0.4, 0.5) is 0 Å². The molecule has 0 aliphatic carbocycles. The number of rotatable bonds is 5. The van der Waals surface area contributed by atoms with Gasteiger partial charge in [-0.05, 0) is 22.9 Å². The van der Waals surface area contributed by atoms with Crippen molar-refractivity contribution in [1.29, 1.82) is 0 Å². The van der Waals surface area contributed by atoms with Gasteiger partial charge in [-0.15, -0.1) is 5.10 Å². The minimum absolute atomic E-state index is 0.244. The van der Waals surface area contributed by atoms with Crippen LogP contribution in [0.25, 0.3) is 11.5 Å². The van der Waals surface area contributed by atoms with Crippen LogP contribution in [-0.2, 0) is 11.3 Å². The van der Waals surface area contributed by atoms with Crippen molar-refractivity contribution in [2.24, 2.45) is 5.92 Å². The van der Waals surface area contributed by atoms with Gasteiger partial charge in [-0.2, -0.15) is 0 Å². The smallest absolute Gasteiger partial charge is 0.306 e. The molecule has 2 aromatic heterocycles. The molecule has 2 rings (SSSR count). The Morgan fingerprint density at radius 3 is 3.00 bits per heavy atom. The number of aryl methyl sites for hydroxylation is 1. The molecule has 8 nitrogen and oxygen atoms in total. The zero-order valence-electron chi connectivity index (χ0n) is 10.3. The highest BCUT2D eigenvalue weighted by Gasteiger charge is 2.14. The third kappa shape index (κ3) is 3.03. The van der Waals surface area contributed by atoms with Crippen molar-refractivity contribution in [3.8, 4) is 11.5 Å². The standard InChI is InChI=1S/C11H13N5O3/c1-7(11(18)19)5-6-16-10(13-14-15-16)8-3-2-4-9(17)12-8/h2-4,7H,5-6H2,1H3,(H,12,17)(H,18,19). The van der Waals surface area contributed by atoms with Crippen LogP contribution < -0.4 is 5.56 Å². The summed E-state index contributed by atoms with van der Waals surface area (Å²) in [5.41, 5.74) is 0.256. The first kappa shape index (κ1) is 12.9. The minimum Gasteiger partial charge on any atom is -0.481 e. The molecule has 0 bridgehead atoms. The Hall–Kier alpha value is -2.51. The largest absolute Gasteiger partial charge is 0.481 e. The fourth-order valence-electron chi connectivity index (χ4n) is 1.57. The summed E-state index contributed by atoms with van der Waals surface area (Å²) in [7, 11) is 0. The molecule has 2 N–H and O–H groups in total. The molecule has 0 radical (unpaired) electrons. The van der Waals surface area contributed by atoms with E-state index in [-0.39, 0.29) is 5.56 Å². The van der Waals surface area contributed by atoms with Crippen LogP contribution in [0.2, 0.25) is 0 Å². The van der Waals surface area contributed by atoms with E-state index in [1.807, 2.05) is 0 Å². The summed E-state index contributed by atoms with van der Waals surface area (Å²) < 4.78 is 1.48. The second-order valence-electron chi connectivity index (χ2n) is 4.18. The summed E-state index contributed by atoms with van der Waals surface area (Å²) in [4.78, 5) is 24.6. The molecule has 0 saturated heterocycles. The topological polar surface area (TPSA) is 114 Å². The van der Waals surface area contributed by atoms with Crippen LogP contribution in [0.1, 0.15) is 13.3 Å². The number of aliphatic carboxylic acids is 1. The predicted octanol–water partition coefficient (Wildman–Crippen LogP) is 0.139. The number of hydrogen-bond donors (Lipinski definition) is 2. The zero-order valence-corrected chi connectivity index (χ0v) is 10.3. The summed E-state index contributed by atoms with van der Waals surface area (Å²) in [6.45, 7) is 1.99. The van der Waals surface area contributed by atoms with Gasteiger partial charge in [0.1, 0.15) is 0 Å². The summed E-state index contributed by atoms with van der Waals surface area (Å²) in [6.07, 6.45) is 0.407. The van der Waals surface area contributed by atoms with E-state index in [9.17, 15) is 9.59 Å². The van der Waals surface area contributed by atoms with Crippen LogP contribution in [0.15, 0.2) is 23.0 Å². The number of carboxylic acids is 1. The number of hydrogen-bond acceptors (Lipinski definition) is 5. The van der Waals surface area contributed by atoms with Crippen LogP contribution in [0.5, 0.6) is 0 Å². The molecule has 0 amide bonds. The van der Waals surface area contributed by atoms with Gasteiger partial charge in [0, 0.05) is 12.6 Å². The van der Waals surface area contributed by atoms with E-state index in [0.29, 0.717) is 24.5 Å². The van der Waals surface area contributed by atoms with Gasteiger partial charge in [0.2, 0.25) is 5.56 Å². The lowest BCUT2D eigenvalue weighted by atomic mass is 10.1. The van der Waals surface area contributed by atoms with Crippen molar-refractivity contribution in [3.63, 3.8) is 0 Å². The van der Waals surface area contributed by atoms with Crippen LogP contribution in [0, 0.1) is 5.92 Å². The van der Waals surface area contributed by atoms with Crippen molar-refractivity contribution in [2.75, 3.05) is 0 Å². The highest BCUT2D eigenvalue weighted by atomic mass is 16.4. The molecule has 0 saturated carbocycles. The minimum atomic E-state index is -0.859. The molecule has 0 aliphatic heterocycles. The van der Waals surface area contributed by atoms with E-state index in [2.05, 4.69) is 20.5 Å². The van der Waals surface area contributed by atoms with E-state index in [4.69, 9.17) is 5.11 Å². The fourth-order valence-corrected chi connectivity index (χ4v) is 1.57. The molecular weight excluding hydrogens is 250 g/mol. The number of H-pyrrole nitrogens is 1. The monoisotopic (exact) mass is 263 g/mol. The number of tetrazole rings is 1. The highest BCUT2D eigenvalue weighted by Crippen LogP contribution is 2.12. The molecule has 8 heteroatoms. The van der Waals surface area contributed by atoms with E-state index in [1.54, 1.807) is 19.1 Å². The molecule has 2 heterocycles. The second kappa shape index (κ2) is 5.42. The van der Waals surface area contributed by atoms with E-state index >= 15 is 0 Å². The van der Waals surface area contributed by atoms with Gasteiger partial charge in [0.15, 0.2) is 5.82 Å². The molecule has 19 heavy (non-hydrogen) atoms. The number of pyridine rings is 1. The normalized spacial score (nSPS) is 12.3. The Morgan fingerprint density at radius 2 is 2.32 bits per heavy atom. The van der Waals surface area contributed by atoms with Gasteiger partial charge in [0.05, 0.1) is 11.6 Å². The first-order valence-electron chi connectivity index (χ1n) is 5.76. The van der Waals surface area contributed by atoms with Gasteiger partial charge in [-0.3, -0.25) is 9.59 Å². The van der Waals surface area contributed by atoms with Crippen molar-refractivity contribution in [1.82, 2.24) is 25.2 Å². The van der Waals surface area contributed by atoms with Crippen LogP contribution >= 0.6 is 0 Å². The number of carboxylic acid groups (broad SMARTS) is 1. The van der Waals surface area contributed by atoms with Gasteiger partial charge >= 0.3 is 5.97 Å². The number of aromatic nitrogens is 5. The maximum atomic E-state index is 11.2. The lowest BCUT2D eigenvalue weighted by Gasteiger charge is -2.07. The first-order chi connectivity index (χ1) is 9.08. The molecule has 0 aromatic carbocycles. The number of carbonyl (C=O) groups is 1. The summed E-state index contributed by atoms with van der Waals surface area (Å²) in [6, 6.07) is 4.68. The summed E-state index contributed by atoms with van der Waals surface area (Å²) in [5.74, 6) is -0.926. The van der Waals surface area contributed by atoms with Gasteiger partial charge in [-0.25, -0.2) is 4.68 Å². The van der Waals surface area contributed by atoms with Crippen molar-refractivity contribution < 1.29 is 9.90 Å². The molecule has 0 aliphatic rings. The molecule has 100 valence electrons. The molecule has 0 spiro atoms. The maximum Gasteiger partial charge on any atom is 0.306 e. The average Bonchev–Trinajstić information content (AvgIpc) is 2.84. The Kier molecular flexibility index (Phi) is 3.69. The molecule has 1 atom stereocenters. The second-order valence-corrected chi connectivity index (χ2v) is 4.18. The lowest BCUT2D eigenvalue weighted by Crippen LogP contribution is -2.14. The predicted molar refractivity (Wildman–Crippen MR) is 65.3 cm³/mol. The Balaban J connectivity index is 2.18. The summed E-state index contributed by atoms with van der Waals surface area (Å²) in [5, 5.41) is 20.0. The number of nitrogens with one attached hydrogen (secondary N) is 1. The van der Waals surface area contributed by atoms with E-state index < -0.39 is 11.9 Å². The molecule has 1 unspecified atom stereocenters. The Bertz CT molecular complexity index is 633. The maximum absolute atomic E-state index is 11.2. The molecular formula is C11H13N5O3. The Morgan fingerprint density at radius 1 is 1.53 bits per heavy atom. The van der Waals surface area contributed by atoms with Gasteiger partial charge in [0.25, 0.3) is 0 Å². The van der Waals surface area contributed by atoms with Crippen molar-refractivity contribution >= 4 is 5.97 Å². The third-order valence-electron chi connectivity index (χ3n) is 2.74. The van der Waals surface area contributed by atoms with E-state index in [0.717, 1.165) is 0 Å². The third-order valence-corrected chi connectivity index (χ3v) is 2.74. The first-order valence-corrected chi connectivity index (χ1v) is 5.76. The molecule has 0 fully saturated rings. The lowest BCUT2D eigenvalue weighted by molar-refractivity contribution is -0.141. The number of nitrogens with zero attached hydrogens (tertiary/aromatic N) is 4.